The number of hydrogen-bond acceptors (Lipinski definition) is 5. The predicted molar refractivity (Wildman–Crippen MR) is 81.2 cm³/mol. The lowest BCUT2D eigenvalue weighted by molar-refractivity contribution is -0.0598. The van der Waals surface area contributed by atoms with E-state index >= 15 is 0 Å². The molecule has 0 bridgehead atoms. The summed E-state index contributed by atoms with van der Waals surface area (Å²) in [5.74, 6) is 1.41. The number of rotatable bonds is 1. The van der Waals surface area contributed by atoms with Gasteiger partial charge in [0, 0.05) is 18.5 Å². The van der Waals surface area contributed by atoms with Gasteiger partial charge >= 0.3 is 0 Å². The molecule has 1 aromatic carbocycles. The van der Waals surface area contributed by atoms with E-state index in [1.165, 1.54) is 5.56 Å². The summed E-state index contributed by atoms with van der Waals surface area (Å²) in [6.07, 6.45) is 3.53. The van der Waals surface area contributed by atoms with E-state index in [0.29, 0.717) is 12.2 Å². The van der Waals surface area contributed by atoms with E-state index in [2.05, 4.69) is 6.07 Å². The highest BCUT2D eigenvalue weighted by molar-refractivity contribution is 5.61. The van der Waals surface area contributed by atoms with E-state index < -0.39 is 17.7 Å². The van der Waals surface area contributed by atoms with Gasteiger partial charge in [-0.1, -0.05) is 18.2 Å². The summed E-state index contributed by atoms with van der Waals surface area (Å²) < 4.78 is 11.6. The predicted octanol–water partition coefficient (Wildman–Crippen LogP) is 0.821. The van der Waals surface area contributed by atoms with Crippen molar-refractivity contribution in [3.8, 4) is 11.5 Å². The molecule has 1 aromatic rings. The number of aliphatic hydroxyl groups excluding tert-OH is 2. The summed E-state index contributed by atoms with van der Waals surface area (Å²) in [5.41, 5.74) is 1.57. The molecule has 0 unspecified atom stereocenters. The number of aliphatic hydroxyl groups is 2. The van der Waals surface area contributed by atoms with Crippen LogP contribution in [0.15, 0.2) is 24.3 Å². The van der Waals surface area contributed by atoms with Crippen LogP contribution in [-0.2, 0) is 11.8 Å². The fraction of sp³-hybridized carbons (Fsp3) is 0.529. The lowest BCUT2D eigenvalue weighted by Crippen LogP contribution is -2.55. The van der Waals surface area contributed by atoms with E-state index in [4.69, 9.17) is 9.47 Å². The first-order valence-electron chi connectivity index (χ1n) is 7.70. The van der Waals surface area contributed by atoms with Gasteiger partial charge in [0.05, 0.1) is 18.6 Å². The molecule has 1 aliphatic carbocycles. The van der Waals surface area contributed by atoms with E-state index in [1.807, 2.05) is 24.1 Å². The van der Waals surface area contributed by atoms with Crippen LogP contribution in [0.25, 0.3) is 0 Å². The summed E-state index contributed by atoms with van der Waals surface area (Å²) in [4.78, 5) is 1.96. The van der Waals surface area contributed by atoms with Crippen LogP contribution in [0, 0.1) is 0 Å². The average Bonchev–Trinajstić information content (AvgIpc) is 2.81. The zero-order chi connectivity index (χ0) is 15.5. The lowest BCUT2D eigenvalue weighted by atomic mass is 9.69. The Labute approximate surface area is 129 Å². The smallest absolute Gasteiger partial charge is 0.166 e. The molecule has 4 rings (SSSR count). The van der Waals surface area contributed by atoms with Crippen LogP contribution in [0.5, 0.6) is 11.5 Å². The molecule has 118 valence electrons. The molecular formula is C17H21NO4. The SMILES string of the molecule is COc1ccc2c3c1O[C@H]1C[C@H](O)C=C[C@@]31[C@@H](O)N(C)CC2. The normalized spacial score (nSPS) is 36.3. The van der Waals surface area contributed by atoms with E-state index in [-0.39, 0.29) is 6.10 Å². The zero-order valence-electron chi connectivity index (χ0n) is 12.8. The van der Waals surface area contributed by atoms with Gasteiger partial charge in [0.15, 0.2) is 11.5 Å². The van der Waals surface area contributed by atoms with Crippen LogP contribution in [-0.4, -0.2) is 54.3 Å². The van der Waals surface area contributed by atoms with Crippen molar-refractivity contribution in [2.45, 2.75) is 36.7 Å². The minimum absolute atomic E-state index is 0.284. The highest BCUT2D eigenvalue weighted by Gasteiger charge is 2.58. The van der Waals surface area contributed by atoms with Gasteiger partial charge in [-0.3, -0.25) is 4.90 Å². The van der Waals surface area contributed by atoms with E-state index in [1.54, 1.807) is 13.2 Å². The van der Waals surface area contributed by atoms with E-state index in [0.717, 1.165) is 24.3 Å². The second-order valence-electron chi connectivity index (χ2n) is 6.44. The lowest BCUT2D eigenvalue weighted by Gasteiger charge is -2.41. The molecule has 0 fully saturated rings. The van der Waals surface area contributed by atoms with E-state index in [9.17, 15) is 10.2 Å². The molecule has 2 aliphatic heterocycles. The van der Waals surface area contributed by atoms with Crippen molar-refractivity contribution < 1.29 is 19.7 Å². The van der Waals surface area contributed by atoms with Crippen molar-refractivity contribution in [1.82, 2.24) is 4.90 Å². The van der Waals surface area contributed by atoms with Crippen molar-refractivity contribution >= 4 is 0 Å². The summed E-state index contributed by atoms with van der Waals surface area (Å²) >= 11 is 0. The number of nitrogens with zero attached hydrogens (tertiary/aromatic N) is 1. The third kappa shape index (κ3) is 1.64. The van der Waals surface area contributed by atoms with Crippen molar-refractivity contribution in [1.29, 1.82) is 0 Å². The summed E-state index contributed by atoms with van der Waals surface area (Å²) in [7, 11) is 3.55. The molecule has 0 aromatic heterocycles. The molecule has 0 amide bonds. The third-order valence-corrected chi connectivity index (χ3v) is 5.28. The molecule has 2 N–H and O–H groups in total. The summed E-state index contributed by atoms with van der Waals surface area (Å²) in [6.45, 7) is 0.783. The Morgan fingerprint density at radius 3 is 2.95 bits per heavy atom. The Morgan fingerprint density at radius 1 is 1.36 bits per heavy atom. The second kappa shape index (κ2) is 4.72. The quantitative estimate of drug-likeness (QED) is 0.752. The molecule has 0 saturated heterocycles. The Morgan fingerprint density at radius 2 is 2.18 bits per heavy atom. The maximum absolute atomic E-state index is 11.0. The Kier molecular flexibility index (Phi) is 3.01. The zero-order valence-corrected chi connectivity index (χ0v) is 12.8. The molecule has 1 spiro atoms. The van der Waals surface area contributed by atoms with Gasteiger partial charge in [-0.2, -0.15) is 0 Å². The van der Waals surface area contributed by atoms with Crippen LogP contribution in [0.1, 0.15) is 17.5 Å². The summed E-state index contributed by atoms with van der Waals surface area (Å²) in [6, 6.07) is 3.99. The van der Waals surface area contributed by atoms with Crippen LogP contribution >= 0.6 is 0 Å². The van der Waals surface area contributed by atoms with Crippen molar-refractivity contribution in [3.63, 3.8) is 0 Å². The maximum atomic E-state index is 11.0. The van der Waals surface area contributed by atoms with Crippen molar-refractivity contribution in [3.05, 3.63) is 35.4 Å². The molecule has 22 heavy (non-hydrogen) atoms. The largest absolute Gasteiger partial charge is 0.493 e. The average molecular weight is 303 g/mol. The minimum Gasteiger partial charge on any atom is -0.493 e. The van der Waals surface area contributed by atoms with Gasteiger partial charge in [0.2, 0.25) is 0 Å². The third-order valence-electron chi connectivity index (χ3n) is 5.28. The first-order valence-corrected chi connectivity index (χ1v) is 7.70. The number of hydrogen-bond donors (Lipinski definition) is 2. The molecule has 5 heteroatoms. The molecule has 2 heterocycles. The van der Waals surface area contributed by atoms with Gasteiger partial charge in [0.25, 0.3) is 0 Å². The van der Waals surface area contributed by atoms with Gasteiger partial charge in [-0.05, 0) is 25.1 Å². The molecule has 4 atom stereocenters. The van der Waals surface area contributed by atoms with Crippen LogP contribution in [0.4, 0.5) is 0 Å². The monoisotopic (exact) mass is 303 g/mol. The summed E-state index contributed by atoms with van der Waals surface area (Å²) in [5, 5.41) is 21.0. The van der Waals surface area contributed by atoms with Gasteiger partial charge < -0.3 is 19.7 Å². The standard InChI is InChI=1S/C17H21NO4/c1-18-8-6-10-3-4-12(21-2)15-14(10)17(16(18)20)7-5-11(19)9-13(17)22-15/h3-5,7,11,13,16,19-20H,6,8-9H2,1-2H3/t11-,13+,16-,17+/m1/s1. The second-order valence-corrected chi connectivity index (χ2v) is 6.44. The fourth-order valence-corrected chi connectivity index (χ4v) is 4.13. The Bertz CT molecular complexity index is 644. The van der Waals surface area contributed by atoms with Crippen LogP contribution in [0.2, 0.25) is 0 Å². The minimum atomic E-state index is -0.684. The number of likely N-dealkylation sites (N-methyl/N-ethyl adjacent to an activating group) is 1. The van der Waals surface area contributed by atoms with Crippen molar-refractivity contribution in [2.75, 3.05) is 20.7 Å². The molecule has 5 nitrogen and oxygen atoms in total. The maximum Gasteiger partial charge on any atom is 0.166 e. The first kappa shape index (κ1) is 14.1. The highest BCUT2D eigenvalue weighted by atomic mass is 16.5. The van der Waals surface area contributed by atoms with Crippen LogP contribution in [0.3, 0.4) is 0 Å². The topological polar surface area (TPSA) is 62.2 Å². The molecule has 0 radical (unpaired) electrons. The number of methoxy groups -OCH3 is 1. The Balaban J connectivity index is 2.00. The molecule has 3 aliphatic rings. The van der Waals surface area contributed by atoms with Gasteiger partial charge in [-0.15, -0.1) is 0 Å². The number of benzene rings is 1. The first-order chi connectivity index (χ1) is 10.6. The Hall–Kier alpha value is -1.56. The van der Waals surface area contributed by atoms with Gasteiger partial charge in [-0.25, -0.2) is 0 Å². The van der Waals surface area contributed by atoms with Crippen LogP contribution < -0.4 is 9.47 Å². The highest BCUT2D eigenvalue weighted by Crippen LogP contribution is 2.55. The van der Waals surface area contributed by atoms with Crippen molar-refractivity contribution in [2.24, 2.45) is 0 Å². The number of ether oxygens (including phenoxy) is 2. The van der Waals surface area contributed by atoms with Gasteiger partial charge in [0.1, 0.15) is 12.3 Å². The fourth-order valence-electron chi connectivity index (χ4n) is 4.13. The molecule has 0 saturated carbocycles. The molecular weight excluding hydrogens is 282 g/mol.